The van der Waals surface area contributed by atoms with Gasteiger partial charge in [-0.3, -0.25) is 0 Å². The Morgan fingerprint density at radius 3 is 3.00 bits per heavy atom. The third kappa shape index (κ3) is 1.64. The van der Waals surface area contributed by atoms with Crippen LogP contribution in [0.3, 0.4) is 0 Å². The Morgan fingerprint density at radius 1 is 1.17 bits per heavy atom. The first kappa shape index (κ1) is 10.8. The molecule has 3 aliphatic rings. The van der Waals surface area contributed by atoms with E-state index >= 15 is 0 Å². The zero-order valence-corrected chi connectivity index (χ0v) is 10.6. The Balaban J connectivity index is 1.65. The summed E-state index contributed by atoms with van der Waals surface area (Å²) in [6, 6.07) is 0.567. The molecular formula is C13H20N4O. The van der Waals surface area contributed by atoms with Crippen LogP contribution in [-0.4, -0.2) is 27.9 Å². The highest BCUT2D eigenvalue weighted by Gasteiger charge is 2.34. The van der Waals surface area contributed by atoms with Crippen LogP contribution in [0.25, 0.3) is 0 Å². The first-order chi connectivity index (χ1) is 8.92. The fraction of sp³-hybridized carbons (Fsp3) is 0.846. The second-order valence-corrected chi connectivity index (χ2v) is 5.73. The number of nitrogens with one attached hydrogen (secondary N) is 1. The third-order valence-electron chi connectivity index (χ3n) is 4.57. The summed E-state index contributed by atoms with van der Waals surface area (Å²) >= 11 is 0. The summed E-state index contributed by atoms with van der Waals surface area (Å²) in [4.78, 5) is 4.64. The molecule has 2 aliphatic heterocycles. The molecule has 1 saturated heterocycles. The number of aromatic nitrogens is 3. The molecule has 5 nitrogen and oxygen atoms in total. The van der Waals surface area contributed by atoms with Gasteiger partial charge in [-0.25, -0.2) is 4.68 Å². The van der Waals surface area contributed by atoms with Crippen LogP contribution in [0.15, 0.2) is 0 Å². The molecule has 1 aliphatic carbocycles. The average Bonchev–Trinajstić information content (AvgIpc) is 3.07. The lowest BCUT2D eigenvalue weighted by Gasteiger charge is -2.36. The van der Waals surface area contributed by atoms with E-state index in [9.17, 15) is 0 Å². The smallest absolute Gasteiger partial charge is 0.221 e. The molecule has 3 atom stereocenters. The number of hydrogen-bond acceptors (Lipinski definition) is 4. The van der Waals surface area contributed by atoms with Crippen LogP contribution >= 0.6 is 0 Å². The van der Waals surface area contributed by atoms with E-state index < -0.39 is 0 Å². The van der Waals surface area contributed by atoms with Crippen molar-refractivity contribution in [2.45, 2.75) is 50.7 Å². The molecule has 1 N–H and O–H groups in total. The Labute approximate surface area is 107 Å². The summed E-state index contributed by atoms with van der Waals surface area (Å²) in [6.45, 7) is 1.92. The van der Waals surface area contributed by atoms with Gasteiger partial charge in [0, 0.05) is 13.2 Å². The number of nitrogens with zero attached hydrogens (tertiary/aromatic N) is 3. The molecule has 3 heterocycles. The highest BCUT2D eigenvalue weighted by molar-refractivity contribution is 5.29. The van der Waals surface area contributed by atoms with Gasteiger partial charge in [0.15, 0.2) is 5.82 Å². The van der Waals surface area contributed by atoms with Crippen molar-refractivity contribution in [1.29, 1.82) is 0 Å². The lowest BCUT2D eigenvalue weighted by Crippen LogP contribution is -2.35. The van der Waals surface area contributed by atoms with Crippen molar-refractivity contribution >= 4 is 5.95 Å². The molecule has 1 aromatic heterocycles. The fourth-order valence-electron chi connectivity index (χ4n) is 3.58. The molecule has 0 radical (unpaired) electrons. The monoisotopic (exact) mass is 248 g/mol. The molecule has 2 fully saturated rings. The van der Waals surface area contributed by atoms with E-state index in [-0.39, 0.29) is 6.10 Å². The highest BCUT2D eigenvalue weighted by atomic mass is 16.5. The zero-order chi connectivity index (χ0) is 11.9. The molecule has 3 unspecified atom stereocenters. The molecule has 1 saturated carbocycles. The van der Waals surface area contributed by atoms with Gasteiger partial charge in [-0.15, -0.1) is 0 Å². The third-order valence-corrected chi connectivity index (χ3v) is 4.57. The van der Waals surface area contributed by atoms with Crippen molar-refractivity contribution < 1.29 is 4.74 Å². The van der Waals surface area contributed by atoms with Gasteiger partial charge < -0.3 is 10.1 Å². The Kier molecular flexibility index (Phi) is 2.53. The van der Waals surface area contributed by atoms with Gasteiger partial charge in [0.05, 0.1) is 6.04 Å². The van der Waals surface area contributed by atoms with E-state index in [4.69, 9.17) is 9.84 Å². The first-order valence-electron chi connectivity index (χ1n) is 7.24. The van der Waals surface area contributed by atoms with Crippen molar-refractivity contribution in [2.24, 2.45) is 5.92 Å². The Morgan fingerprint density at radius 2 is 2.11 bits per heavy atom. The molecule has 98 valence electrons. The molecule has 1 aromatic rings. The molecule has 0 aromatic carbocycles. The van der Waals surface area contributed by atoms with Gasteiger partial charge in [-0.05, 0) is 31.6 Å². The summed E-state index contributed by atoms with van der Waals surface area (Å²) < 4.78 is 7.83. The summed E-state index contributed by atoms with van der Waals surface area (Å²) in [5.74, 6) is 2.59. The van der Waals surface area contributed by atoms with E-state index in [1.54, 1.807) is 0 Å². The maximum Gasteiger partial charge on any atom is 0.221 e. The van der Waals surface area contributed by atoms with Crippen LogP contribution in [0.2, 0.25) is 0 Å². The van der Waals surface area contributed by atoms with E-state index in [0.29, 0.717) is 6.04 Å². The van der Waals surface area contributed by atoms with Crippen LogP contribution in [0.1, 0.15) is 56.5 Å². The molecule has 5 heteroatoms. The van der Waals surface area contributed by atoms with Gasteiger partial charge >= 0.3 is 0 Å². The van der Waals surface area contributed by atoms with Crippen LogP contribution in [0.5, 0.6) is 0 Å². The highest BCUT2D eigenvalue weighted by Crippen LogP contribution is 2.39. The average molecular weight is 248 g/mol. The lowest BCUT2D eigenvalue weighted by molar-refractivity contribution is 0.104. The Bertz CT molecular complexity index is 438. The number of fused-ring (bicyclic) bond motifs is 3. The SMILES string of the molecule is C1COC(c2nc3n(n2)C2CCCCC2CN3)C1. The number of anilines is 1. The van der Waals surface area contributed by atoms with Crippen LogP contribution in [-0.2, 0) is 4.74 Å². The van der Waals surface area contributed by atoms with Gasteiger partial charge in [-0.2, -0.15) is 10.1 Å². The minimum atomic E-state index is 0.131. The van der Waals surface area contributed by atoms with Crippen molar-refractivity contribution in [3.63, 3.8) is 0 Å². The number of hydrogen-bond donors (Lipinski definition) is 1. The van der Waals surface area contributed by atoms with Gasteiger partial charge in [0.1, 0.15) is 6.10 Å². The standard InChI is InChI=1S/C13H20N4O/c1-2-5-10-9(4-1)8-14-13-15-12(16-17(10)13)11-6-3-7-18-11/h9-11H,1-8H2,(H,14,15,16). The van der Waals surface area contributed by atoms with Crippen LogP contribution < -0.4 is 5.32 Å². The summed E-state index contributed by atoms with van der Waals surface area (Å²) in [6.07, 6.45) is 7.61. The van der Waals surface area contributed by atoms with E-state index in [2.05, 4.69) is 15.0 Å². The predicted octanol–water partition coefficient (Wildman–Crippen LogP) is 2.29. The summed E-state index contributed by atoms with van der Waals surface area (Å²) in [7, 11) is 0. The maximum absolute atomic E-state index is 5.69. The second kappa shape index (κ2) is 4.23. The number of rotatable bonds is 1. The normalized spacial score (nSPS) is 34.8. The fourth-order valence-corrected chi connectivity index (χ4v) is 3.58. The van der Waals surface area contributed by atoms with Gasteiger partial charge in [0.2, 0.25) is 5.95 Å². The molecule has 0 amide bonds. The first-order valence-corrected chi connectivity index (χ1v) is 7.24. The molecule has 0 spiro atoms. The second-order valence-electron chi connectivity index (χ2n) is 5.73. The van der Waals surface area contributed by atoms with Crippen LogP contribution in [0, 0.1) is 5.92 Å². The maximum atomic E-state index is 5.69. The predicted molar refractivity (Wildman–Crippen MR) is 67.4 cm³/mol. The quantitative estimate of drug-likeness (QED) is 0.828. The van der Waals surface area contributed by atoms with Gasteiger partial charge in [0.25, 0.3) is 0 Å². The number of ether oxygens (including phenoxy) is 1. The van der Waals surface area contributed by atoms with E-state index in [0.717, 1.165) is 43.7 Å². The van der Waals surface area contributed by atoms with Crippen LogP contribution in [0.4, 0.5) is 5.95 Å². The summed E-state index contributed by atoms with van der Waals surface area (Å²) in [5, 5.41) is 8.17. The van der Waals surface area contributed by atoms with Crippen molar-refractivity contribution in [1.82, 2.24) is 14.8 Å². The largest absolute Gasteiger partial charge is 0.370 e. The molecule has 18 heavy (non-hydrogen) atoms. The minimum absolute atomic E-state index is 0.131. The summed E-state index contributed by atoms with van der Waals surface area (Å²) in [5.41, 5.74) is 0. The molecular weight excluding hydrogens is 228 g/mol. The molecule has 0 bridgehead atoms. The van der Waals surface area contributed by atoms with Crippen molar-refractivity contribution in [3.05, 3.63) is 5.82 Å². The van der Waals surface area contributed by atoms with E-state index in [1.165, 1.54) is 25.7 Å². The van der Waals surface area contributed by atoms with E-state index in [1.807, 2.05) is 0 Å². The zero-order valence-electron chi connectivity index (χ0n) is 10.6. The molecule has 4 rings (SSSR count). The van der Waals surface area contributed by atoms with Crippen molar-refractivity contribution in [2.75, 3.05) is 18.5 Å². The Hall–Kier alpha value is -1.10. The lowest BCUT2D eigenvalue weighted by atomic mass is 9.84. The minimum Gasteiger partial charge on any atom is -0.370 e. The topological polar surface area (TPSA) is 52.0 Å². The van der Waals surface area contributed by atoms with Gasteiger partial charge in [-0.1, -0.05) is 12.8 Å². The van der Waals surface area contributed by atoms with Crippen molar-refractivity contribution in [3.8, 4) is 0 Å².